The highest BCUT2D eigenvalue weighted by molar-refractivity contribution is 8.15. The third-order valence-corrected chi connectivity index (χ3v) is 14.4. The summed E-state index contributed by atoms with van der Waals surface area (Å²) < 4.78 is 14.6. The number of carboxylic acid groups (broad SMARTS) is 2. The number of amides is 12. The number of carbonyl (C=O) groups excluding carboxylic acids is 16. The minimum absolute atomic E-state index is 0.0000167. The van der Waals surface area contributed by atoms with Crippen LogP contribution in [0, 0.1) is 0 Å². The first kappa shape index (κ1) is 84.4. The Balaban J connectivity index is 0. The van der Waals surface area contributed by atoms with Gasteiger partial charge in [-0.15, -0.1) is 0 Å². The number of ether oxygens (including phenoxy) is 3. The number of Topliss-reactive ketones (excluding diaryl/α,β-unsaturated/α-hetero) is 1. The van der Waals surface area contributed by atoms with E-state index in [9.17, 15) is 86.3 Å². The van der Waals surface area contributed by atoms with Crippen molar-refractivity contribution in [2.45, 2.75) is 144 Å². The Labute approximate surface area is 536 Å². The molecule has 5 aliphatic heterocycles. The Morgan fingerprint density at radius 1 is 0.494 bits per heavy atom. The van der Waals surface area contributed by atoms with Gasteiger partial charge in [0.1, 0.15) is 17.0 Å². The Kier molecular flexibility index (Phi) is 44.1. The zero-order chi connectivity index (χ0) is 68.5. The first-order valence-corrected chi connectivity index (χ1v) is 32.4. The normalized spacial score (nSPS) is 15.0. The summed E-state index contributed by atoms with van der Waals surface area (Å²) >= 11 is 4.75. The van der Waals surface area contributed by atoms with Crippen LogP contribution in [-0.4, -0.2) is 226 Å². The number of nitrogens with zero attached hydrogens (tertiary/aromatic N) is 4. The Morgan fingerprint density at radius 3 is 1.09 bits per heavy atom. The van der Waals surface area contributed by atoms with E-state index in [1.54, 1.807) is 27.7 Å². The molecule has 5 aliphatic rings. The zero-order valence-corrected chi connectivity index (χ0v) is 55.4. The van der Waals surface area contributed by atoms with Crippen molar-refractivity contribution in [1.82, 2.24) is 35.6 Å². The summed E-state index contributed by atoms with van der Waals surface area (Å²) in [4.78, 5) is 200. The lowest BCUT2D eigenvalue weighted by Gasteiger charge is -2.19. The Bertz CT molecular complexity index is 2430. The summed E-state index contributed by atoms with van der Waals surface area (Å²) in [6.45, 7) is 16.0. The fourth-order valence-corrected chi connectivity index (χ4v) is 9.66. The second-order valence-electron chi connectivity index (χ2n) is 20.3. The number of carbonyl (C=O) groups is 18. The van der Waals surface area contributed by atoms with E-state index in [-0.39, 0.29) is 185 Å². The quantitative estimate of drug-likeness (QED) is 0.0424. The second-order valence-corrected chi connectivity index (χ2v) is 25.0. The molecule has 5 rings (SSSR count). The molecule has 0 aromatic rings. The highest BCUT2D eigenvalue weighted by Crippen LogP contribution is 2.21. The number of esters is 3. The standard InChI is InChI=1S/C14H22N2O5S.C10H14N2O5S.C8H17NO2.C7H9NO4S.C6H7NO4S.C5H10O.C3H3NO2S/c1-14(2,3)21-12(19)5-4-7-15-10(17)6-8-16-11(18)9-22-13(16)20;13-7(11-4-1-2-9(15)16)3-5-12-8(14)6-18-10(12)17;1-8(2,3)11-7(10)5-4-6-9;1-12-6(10)2-3-8-5(9)4-13-7(8)11;8-4-3-12-6(11)7(4)2-1-5(9)10;1-3-4-5(2)6;5-2-1-7-3(6)4-2/h4-9H2,1-3H3,(H,15,17);1-6H2,(H,11,13)(H,15,16);4-6,9H2,1-3H3;2-4H2,1H3;1-3H2,(H,9,10);3-4H2,1-2H3;1H2,(H,4,5,6). The van der Waals surface area contributed by atoms with Crippen LogP contribution in [0.5, 0.6) is 0 Å². The molecule has 12 amide bonds. The van der Waals surface area contributed by atoms with Crippen molar-refractivity contribution < 1.29 is 111 Å². The first-order valence-electron chi connectivity index (χ1n) is 27.5. The summed E-state index contributed by atoms with van der Waals surface area (Å²) in [6.07, 6.45) is 3.92. The number of thioether (sulfide) groups is 5. The van der Waals surface area contributed by atoms with Gasteiger partial charge in [-0.1, -0.05) is 65.7 Å². The highest BCUT2D eigenvalue weighted by Gasteiger charge is 2.33. The molecule has 0 saturated carbocycles. The lowest BCUT2D eigenvalue weighted by Crippen LogP contribution is -2.34. The molecule has 0 aliphatic carbocycles. The van der Waals surface area contributed by atoms with Gasteiger partial charge in [0.15, 0.2) is 0 Å². The maximum atomic E-state index is 11.6. The third-order valence-electron chi connectivity index (χ3n) is 10.2. The SMILES string of the molecule is CC(C)(C)OC(=O)CCCN.CC(C)(C)OC(=O)CCCNC(=O)CCN1C(=O)CSC1=O.CCCC(C)=O.COC(=O)CCN1C(=O)CSC1=O.O=C(O)CCCNC(=O)CCN1C(=O)CSC1=O.O=C(O)CCN1C(=O)CSC1=O.O=C1CSC(=O)N1. The van der Waals surface area contributed by atoms with Crippen LogP contribution in [0.3, 0.4) is 0 Å². The molecule has 0 aromatic heterocycles. The van der Waals surface area contributed by atoms with Gasteiger partial charge >= 0.3 is 29.8 Å². The van der Waals surface area contributed by atoms with Crippen molar-refractivity contribution in [3.8, 4) is 0 Å². The van der Waals surface area contributed by atoms with Gasteiger partial charge in [-0.3, -0.25) is 106 Å². The highest BCUT2D eigenvalue weighted by atomic mass is 32.2. The van der Waals surface area contributed by atoms with Crippen LogP contribution in [0.15, 0.2) is 0 Å². The summed E-state index contributed by atoms with van der Waals surface area (Å²) in [5.41, 5.74) is 4.36. The number of imide groups is 5. The first-order chi connectivity index (χ1) is 41.5. The van der Waals surface area contributed by atoms with Crippen molar-refractivity contribution >= 4 is 162 Å². The Hall–Kier alpha value is -6.63. The minimum Gasteiger partial charge on any atom is -0.481 e. The molecule has 0 radical (unpaired) electrons. The van der Waals surface area contributed by atoms with Crippen molar-refractivity contribution in [2.24, 2.45) is 5.73 Å². The van der Waals surface area contributed by atoms with Crippen molar-refractivity contribution in [1.29, 1.82) is 0 Å². The van der Waals surface area contributed by atoms with Crippen LogP contribution in [0.1, 0.15) is 132 Å². The number of carboxylic acids is 2. The van der Waals surface area contributed by atoms with Crippen molar-refractivity contribution in [2.75, 3.05) is 81.7 Å². The van der Waals surface area contributed by atoms with Crippen LogP contribution in [0.4, 0.5) is 24.0 Å². The average molecular weight is 1360 g/mol. The average Bonchev–Trinajstić information content (AvgIpc) is 3.78. The third kappa shape index (κ3) is 44.5. The van der Waals surface area contributed by atoms with Gasteiger partial charge in [0, 0.05) is 77.8 Å². The largest absolute Gasteiger partial charge is 0.481 e. The fourth-order valence-electron chi connectivity index (χ4n) is 6.13. The summed E-state index contributed by atoms with van der Waals surface area (Å²) in [5.74, 6) is -3.41. The molecule has 0 atom stereocenters. The topological polar surface area (TPSA) is 450 Å². The van der Waals surface area contributed by atoms with E-state index < -0.39 is 23.5 Å². The van der Waals surface area contributed by atoms with Crippen LogP contribution in [0.25, 0.3) is 0 Å². The van der Waals surface area contributed by atoms with Gasteiger partial charge in [0.25, 0.3) is 26.2 Å². The number of nitrogens with two attached hydrogens (primary N) is 1. The minimum atomic E-state index is -1.01. The van der Waals surface area contributed by atoms with E-state index in [1.165, 1.54) is 7.11 Å². The molecule has 36 heteroatoms. The number of rotatable bonds is 25. The predicted octanol–water partition coefficient (Wildman–Crippen LogP) is 4.18. The van der Waals surface area contributed by atoms with Gasteiger partial charge in [0.2, 0.25) is 41.4 Å². The molecule has 31 nitrogen and oxygen atoms in total. The van der Waals surface area contributed by atoms with Crippen LogP contribution < -0.4 is 21.7 Å². The van der Waals surface area contributed by atoms with Crippen molar-refractivity contribution in [3.05, 3.63) is 0 Å². The number of hydrogen-bond acceptors (Lipinski definition) is 27. The molecule has 89 heavy (non-hydrogen) atoms. The summed E-state index contributed by atoms with van der Waals surface area (Å²) in [7, 11) is 1.27. The van der Waals surface area contributed by atoms with Crippen LogP contribution >= 0.6 is 58.8 Å². The molecule has 0 unspecified atom stereocenters. The van der Waals surface area contributed by atoms with Gasteiger partial charge in [-0.2, -0.15) is 0 Å². The molecule has 0 bridgehead atoms. The predicted molar refractivity (Wildman–Crippen MR) is 330 cm³/mol. The molecule has 7 N–H and O–H groups in total. The molecule has 502 valence electrons. The molecule has 5 heterocycles. The molecule has 5 saturated heterocycles. The van der Waals surface area contributed by atoms with Gasteiger partial charge in [-0.25, -0.2) is 0 Å². The number of methoxy groups -OCH3 is 1. The maximum absolute atomic E-state index is 11.6. The Morgan fingerprint density at radius 2 is 0.843 bits per heavy atom. The van der Waals surface area contributed by atoms with Crippen molar-refractivity contribution in [3.63, 3.8) is 0 Å². The number of ketones is 1. The lowest BCUT2D eigenvalue weighted by atomic mass is 10.2. The van der Waals surface area contributed by atoms with Gasteiger partial charge in [0.05, 0.1) is 48.7 Å². The lowest BCUT2D eigenvalue weighted by molar-refractivity contribution is -0.156. The van der Waals surface area contributed by atoms with Gasteiger partial charge < -0.3 is 45.6 Å². The van der Waals surface area contributed by atoms with E-state index in [2.05, 4.69) is 20.7 Å². The van der Waals surface area contributed by atoms with E-state index >= 15 is 0 Å². The molecule has 0 aromatic carbocycles. The molecule has 5 fully saturated rings. The second kappa shape index (κ2) is 46.5. The van der Waals surface area contributed by atoms with E-state index in [4.69, 9.17) is 25.4 Å². The molecule has 0 spiro atoms. The molecular weight excluding hydrogens is 1280 g/mol. The van der Waals surface area contributed by atoms with E-state index in [1.807, 2.05) is 27.7 Å². The van der Waals surface area contributed by atoms with E-state index in [0.29, 0.717) is 44.5 Å². The summed E-state index contributed by atoms with van der Waals surface area (Å²) in [6, 6.07) is 0. The van der Waals surface area contributed by atoms with Gasteiger partial charge in [-0.05, 0) is 80.7 Å². The number of aliphatic carboxylic acids is 2. The van der Waals surface area contributed by atoms with Crippen LogP contribution in [0.2, 0.25) is 0 Å². The zero-order valence-electron chi connectivity index (χ0n) is 51.3. The number of hydrogen-bond donors (Lipinski definition) is 6. The fraction of sp³-hybridized carbons (Fsp3) is 0.660. The smallest absolute Gasteiger partial charge is 0.307 e. The van der Waals surface area contributed by atoms with Crippen LogP contribution in [-0.2, 0) is 76.5 Å². The number of nitrogens with one attached hydrogen (secondary N) is 3. The maximum Gasteiger partial charge on any atom is 0.307 e. The summed E-state index contributed by atoms with van der Waals surface area (Å²) in [5, 5.41) is 22.5. The molecular formula is C53H82N8O23S5. The van der Waals surface area contributed by atoms with E-state index in [0.717, 1.165) is 91.3 Å². The monoisotopic (exact) mass is 1360 g/mol.